The average Bonchev–Trinajstić information content (AvgIpc) is 2.87. The van der Waals surface area contributed by atoms with Gasteiger partial charge in [-0.15, -0.1) is 5.10 Å². The Hall–Kier alpha value is -2.81. The molecule has 0 saturated carbocycles. The van der Waals surface area contributed by atoms with Crippen molar-refractivity contribution in [1.29, 1.82) is 0 Å². The van der Waals surface area contributed by atoms with Gasteiger partial charge in [0.25, 0.3) is 12.0 Å². The van der Waals surface area contributed by atoms with Crippen LogP contribution in [0, 0.1) is 0 Å². The van der Waals surface area contributed by atoms with E-state index >= 15 is 0 Å². The van der Waals surface area contributed by atoms with Crippen LogP contribution in [-0.4, -0.2) is 24.1 Å². The van der Waals surface area contributed by atoms with E-state index in [4.69, 9.17) is 11.6 Å². The molecular weight excluding hydrogens is 344 g/mol. The quantitative estimate of drug-likeness (QED) is 0.718. The van der Waals surface area contributed by atoms with Crippen LogP contribution in [0.2, 0.25) is 5.02 Å². The first-order valence-corrected chi connectivity index (χ1v) is 7.07. The Balaban J connectivity index is 2.19. The minimum atomic E-state index is -2.94. The van der Waals surface area contributed by atoms with Crippen LogP contribution in [0.15, 0.2) is 46.1 Å². The summed E-state index contributed by atoms with van der Waals surface area (Å²) in [4.78, 5) is 24.4. The van der Waals surface area contributed by atoms with Gasteiger partial charge in [0.2, 0.25) is 5.82 Å². The summed E-state index contributed by atoms with van der Waals surface area (Å²) in [6.07, 6.45) is -1.82. The minimum absolute atomic E-state index is 0.165. The summed E-state index contributed by atoms with van der Waals surface area (Å²) < 4.78 is 28.1. The molecule has 0 aliphatic rings. The van der Waals surface area contributed by atoms with E-state index < -0.39 is 23.5 Å². The highest BCUT2D eigenvalue weighted by Crippen LogP contribution is 2.18. The molecule has 0 aliphatic carbocycles. The van der Waals surface area contributed by atoms with Gasteiger partial charge in [0.15, 0.2) is 0 Å². The zero-order chi connectivity index (χ0) is 17.4. The van der Waals surface area contributed by atoms with Crippen LogP contribution in [0.5, 0.6) is 0 Å². The van der Waals surface area contributed by atoms with E-state index in [0.717, 1.165) is 17.9 Å². The molecule has 2 heterocycles. The largest absolute Gasteiger partial charge is 0.350 e. The minimum Gasteiger partial charge on any atom is -0.277 e. The van der Waals surface area contributed by atoms with Gasteiger partial charge in [-0.3, -0.25) is 9.36 Å². The van der Waals surface area contributed by atoms with Crippen molar-refractivity contribution in [2.24, 2.45) is 7.05 Å². The van der Waals surface area contributed by atoms with Crippen LogP contribution in [0.1, 0.15) is 12.2 Å². The number of nitrogens with zero attached hydrogens (tertiary/aromatic N) is 5. The van der Waals surface area contributed by atoms with E-state index in [9.17, 15) is 18.4 Å². The van der Waals surface area contributed by atoms with Crippen molar-refractivity contribution in [1.82, 2.24) is 24.1 Å². The molecule has 7 nitrogen and oxygen atoms in total. The second kappa shape index (κ2) is 6.00. The number of halogens is 3. The van der Waals surface area contributed by atoms with Crippen LogP contribution in [-0.2, 0) is 7.05 Å². The van der Waals surface area contributed by atoms with Crippen LogP contribution in [0.4, 0.5) is 8.78 Å². The Bertz CT molecular complexity index is 1010. The van der Waals surface area contributed by atoms with Crippen LogP contribution in [0.25, 0.3) is 11.4 Å². The van der Waals surface area contributed by atoms with Gasteiger partial charge in [0, 0.05) is 7.05 Å². The lowest BCUT2D eigenvalue weighted by atomic mass is 10.3. The van der Waals surface area contributed by atoms with Crippen LogP contribution < -0.4 is 11.2 Å². The van der Waals surface area contributed by atoms with E-state index in [0.29, 0.717) is 14.9 Å². The first-order chi connectivity index (χ1) is 11.4. The van der Waals surface area contributed by atoms with Crippen molar-refractivity contribution in [3.63, 3.8) is 0 Å². The van der Waals surface area contributed by atoms with Gasteiger partial charge in [0.05, 0.1) is 11.9 Å². The zero-order valence-electron chi connectivity index (χ0n) is 12.2. The lowest BCUT2D eigenvalue weighted by molar-refractivity contribution is 0.136. The summed E-state index contributed by atoms with van der Waals surface area (Å²) in [5.41, 5.74) is -1.25. The zero-order valence-corrected chi connectivity index (χ0v) is 13.0. The molecule has 10 heteroatoms. The smallest absolute Gasteiger partial charge is 0.277 e. The summed E-state index contributed by atoms with van der Waals surface area (Å²) >= 11 is 6.03. The number of alkyl halides is 2. The highest BCUT2D eigenvalue weighted by molar-refractivity contribution is 6.32. The summed E-state index contributed by atoms with van der Waals surface area (Å²) in [5.74, 6) is -0.733. The van der Waals surface area contributed by atoms with Crippen LogP contribution >= 0.6 is 11.6 Å². The molecule has 1 aromatic carbocycles. The topological polar surface area (TPSA) is 74.7 Å². The second-order valence-corrected chi connectivity index (χ2v) is 5.19. The number of benzene rings is 1. The fourth-order valence-electron chi connectivity index (χ4n) is 2.12. The van der Waals surface area contributed by atoms with Crippen molar-refractivity contribution in [3.8, 4) is 11.4 Å². The first kappa shape index (κ1) is 16.1. The molecule has 124 valence electrons. The van der Waals surface area contributed by atoms with E-state index in [1.807, 2.05) is 0 Å². The normalized spacial score (nSPS) is 11.2. The fourth-order valence-corrected chi connectivity index (χ4v) is 2.33. The molecule has 24 heavy (non-hydrogen) atoms. The van der Waals surface area contributed by atoms with Crippen molar-refractivity contribution in [3.05, 3.63) is 68.2 Å². The Kier molecular flexibility index (Phi) is 4.02. The maximum Gasteiger partial charge on any atom is 0.350 e. The Morgan fingerprint density at radius 2 is 1.79 bits per heavy atom. The van der Waals surface area contributed by atoms with Gasteiger partial charge < -0.3 is 0 Å². The van der Waals surface area contributed by atoms with Crippen molar-refractivity contribution in [2.45, 2.75) is 6.43 Å². The van der Waals surface area contributed by atoms with E-state index in [1.165, 1.54) is 0 Å². The highest BCUT2D eigenvalue weighted by Gasteiger charge is 2.22. The molecule has 3 aromatic rings. The molecule has 0 spiro atoms. The molecule has 0 radical (unpaired) electrons. The number of hydrogen-bond donors (Lipinski definition) is 0. The van der Waals surface area contributed by atoms with E-state index in [2.05, 4.69) is 10.2 Å². The summed E-state index contributed by atoms with van der Waals surface area (Å²) in [5, 5.41) is 7.11. The molecule has 0 bridgehead atoms. The van der Waals surface area contributed by atoms with Gasteiger partial charge in [-0.25, -0.2) is 13.6 Å². The third-order valence-corrected chi connectivity index (χ3v) is 3.69. The Morgan fingerprint density at radius 1 is 1.12 bits per heavy atom. The lowest BCUT2D eigenvalue weighted by Gasteiger charge is -2.07. The van der Waals surface area contributed by atoms with Crippen molar-refractivity contribution < 1.29 is 8.78 Å². The monoisotopic (exact) mass is 353 g/mol. The van der Waals surface area contributed by atoms with Crippen molar-refractivity contribution in [2.75, 3.05) is 0 Å². The molecule has 0 saturated heterocycles. The summed E-state index contributed by atoms with van der Waals surface area (Å²) in [7, 11) is 1.15. The second-order valence-electron chi connectivity index (χ2n) is 4.81. The van der Waals surface area contributed by atoms with Crippen LogP contribution in [0.3, 0.4) is 0 Å². The number of aromatic nitrogens is 5. The van der Waals surface area contributed by atoms with Gasteiger partial charge in [-0.1, -0.05) is 29.8 Å². The molecule has 0 amide bonds. The Morgan fingerprint density at radius 3 is 2.38 bits per heavy atom. The van der Waals surface area contributed by atoms with Gasteiger partial charge in [-0.05, 0) is 12.1 Å². The van der Waals surface area contributed by atoms with E-state index in [-0.39, 0.29) is 10.7 Å². The summed E-state index contributed by atoms with van der Waals surface area (Å²) in [6, 6.07) is 8.48. The fraction of sp³-hybridized carbons (Fsp3) is 0.143. The molecule has 0 aliphatic heterocycles. The number of rotatable bonds is 3. The average molecular weight is 354 g/mol. The van der Waals surface area contributed by atoms with Gasteiger partial charge in [-0.2, -0.15) is 14.5 Å². The number of hydrogen-bond acceptors (Lipinski definition) is 4. The Labute approximate surface area is 138 Å². The predicted octanol–water partition coefficient (Wildman–Crippen LogP) is 1.71. The molecule has 0 atom stereocenters. The van der Waals surface area contributed by atoms with Gasteiger partial charge in [0.1, 0.15) is 10.7 Å². The summed E-state index contributed by atoms with van der Waals surface area (Å²) in [6.45, 7) is 0. The standard InChI is InChI=1S/C14H10ClF2N5O2/c1-20-12(11(16)17)19-22(14(20)24)9-7-18-21(13(23)10(9)15)8-5-3-2-4-6-8/h2-7,11H,1H3. The van der Waals surface area contributed by atoms with Crippen molar-refractivity contribution >= 4 is 11.6 Å². The lowest BCUT2D eigenvalue weighted by Crippen LogP contribution is -2.27. The van der Waals surface area contributed by atoms with E-state index in [1.54, 1.807) is 30.3 Å². The maximum atomic E-state index is 12.9. The molecule has 2 aromatic heterocycles. The predicted molar refractivity (Wildman–Crippen MR) is 82.2 cm³/mol. The highest BCUT2D eigenvalue weighted by atomic mass is 35.5. The molecular formula is C14H10ClF2N5O2. The number of para-hydroxylation sites is 1. The third kappa shape index (κ3) is 2.52. The molecule has 0 N–H and O–H groups in total. The molecule has 0 unspecified atom stereocenters. The third-order valence-electron chi connectivity index (χ3n) is 3.34. The maximum absolute atomic E-state index is 12.9. The van der Waals surface area contributed by atoms with Gasteiger partial charge >= 0.3 is 5.69 Å². The first-order valence-electron chi connectivity index (χ1n) is 6.69. The molecule has 0 fully saturated rings. The molecule has 3 rings (SSSR count). The SMILES string of the molecule is Cn1c(C(F)F)nn(-c2cnn(-c3ccccc3)c(=O)c2Cl)c1=O.